The number of halogens is 2. The molecule has 1 nitrogen and oxygen atoms in total. The molecular weight excluding hydrogens is 336 g/mol. The van der Waals surface area contributed by atoms with Crippen LogP contribution in [0.2, 0.25) is 5.02 Å². The summed E-state index contributed by atoms with van der Waals surface area (Å²) in [5.41, 5.74) is 2.31. The van der Waals surface area contributed by atoms with Crippen LogP contribution in [0.25, 0.3) is 0 Å². The van der Waals surface area contributed by atoms with Crippen LogP contribution in [0.3, 0.4) is 0 Å². The van der Waals surface area contributed by atoms with Crippen molar-refractivity contribution in [3.8, 4) is 11.5 Å². The smallest absolute Gasteiger partial charge is 0.132 e. The van der Waals surface area contributed by atoms with E-state index >= 15 is 0 Å². The molecular formula is C17H18BrClO. The van der Waals surface area contributed by atoms with Crippen molar-refractivity contribution < 1.29 is 4.74 Å². The number of hydrogen-bond acceptors (Lipinski definition) is 1. The van der Waals surface area contributed by atoms with Crippen molar-refractivity contribution in [2.24, 2.45) is 0 Å². The summed E-state index contributed by atoms with van der Waals surface area (Å²) in [6.45, 7) is 4.43. The molecule has 1 unspecified atom stereocenters. The van der Waals surface area contributed by atoms with Gasteiger partial charge in [-0.2, -0.15) is 0 Å². The minimum absolute atomic E-state index is 0.577. The Morgan fingerprint density at radius 3 is 2.45 bits per heavy atom. The first-order valence-corrected chi connectivity index (χ1v) is 8.26. The second kappa shape index (κ2) is 7.14. The second-order valence-electron chi connectivity index (χ2n) is 4.83. The van der Waals surface area contributed by atoms with E-state index in [4.69, 9.17) is 16.3 Å². The maximum Gasteiger partial charge on any atom is 0.132 e. The Kier molecular flexibility index (Phi) is 5.50. The lowest BCUT2D eigenvalue weighted by molar-refractivity contribution is 0.478. The molecule has 0 aliphatic rings. The lowest BCUT2D eigenvalue weighted by atomic mass is 9.99. The molecule has 0 aromatic heterocycles. The van der Waals surface area contributed by atoms with Crippen molar-refractivity contribution >= 4 is 27.5 Å². The van der Waals surface area contributed by atoms with Crippen LogP contribution < -0.4 is 4.74 Å². The molecule has 2 aromatic carbocycles. The summed E-state index contributed by atoms with van der Waals surface area (Å²) in [4.78, 5) is 0. The summed E-state index contributed by atoms with van der Waals surface area (Å²) in [5, 5.41) is 1.39. The summed E-state index contributed by atoms with van der Waals surface area (Å²) in [5.74, 6) is 2.21. The van der Waals surface area contributed by atoms with Crippen molar-refractivity contribution in [2.45, 2.75) is 31.5 Å². The Balaban J connectivity index is 2.20. The predicted octanol–water partition coefficient (Wildman–Crippen LogP) is 6.54. The second-order valence-corrected chi connectivity index (χ2v) is 5.80. The molecule has 0 spiro atoms. The van der Waals surface area contributed by atoms with Crippen molar-refractivity contribution in [1.82, 2.24) is 0 Å². The van der Waals surface area contributed by atoms with Crippen LogP contribution in [-0.2, 0) is 5.33 Å². The van der Waals surface area contributed by atoms with Gasteiger partial charge in [0.05, 0.1) is 0 Å². The quantitative estimate of drug-likeness (QED) is 0.554. The van der Waals surface area contributed by atoms with Crippen LogP contribution in [-0.4, -0.2) is 0 Å². The van der Waals surface area contributed by atoms with Gasteiger partial charge in [-0.1, -0.05) is 59.6 Å². The third-order valence-electron chi connectivity index (χ3n) is 3.50. The molecule has 3 heteroatoms. The van der Waals surface area contributed by atoms with Crippen molar-refractivity contribution in [3.63, 3.8) is 0 Å². The first kappa shape index (κ1) is 15.4. The van der Waals surface area contributed by atoms with Gasteiger partial charge in [-0.3, -0.25) is 0 Å². The van der Waals surface area contributed by atoms with Gasteiger partial charge in [-0.15, -0.1) is 0 Å². The highest BCUT2D eigenvalue weighted by atomic mass is 79.9. The first-order chi connectivity index (χ1) is 9.65. The average molecular weight is 354 g/mol. The van der Waals surface area contributed by atoms with E-state index in [1.165, 1.54) is 5.56 Å². The van der Waals surface area contributed by atoms with E-state index in [2.05, 4.69) is 41.9 Å². The summed E-state index contributed by atoms with van der Waals surface area (Å²) in [7, 11) is 0. The Hall–Kier alpha value is -0.990. The highest BCUT2D eigenvalue weighted by Gasteiger charge is 2.08. The summed E-state index contributed by atoms with van der Waals surface area (Å²) >= 11 is 9.62. The Bertz CT molecular complexity index is 566. The Morgan fingerprint density at radius 2 is 1.85 bits per heavy atom. The van der Waals surface area contributed by atoms with Crippen LogP contribution in [0, 0.1) is 0 Å². The molecule has 20 heavy (non-hydrogen) atoms. The van der Waals surface area contributed by atoms with Crippen LogP contribution in [0.5, 0.6) is 11.5 Å². The molecule has 0 saturated carbocycles. The number of hydrogen-bond donors (Lipinski definition) is 0. The largest absolute Gasteiger partial charge is 0.457 e. The molecule has 0 amide bonds. The van der Waals surface area contributed by atoms with Crippen LogP contribution in [0.15, 0.2) is 42.5 Å². The fourth-order valence-electron chi connectivity index (χ4n) is 1.99. The van der Waals surface area contributed by atoms with E-state index in [9.17, 15) is 0 Å². The third kappa shape index (κ3) is 3.56. The van der Waals surface area contributed by atoms with Gasteiger partial charge in [0.2, 0.25) is 0 Å². The van der Waals surface area contributed by atoms with Crippen LogP contribution in [0.1, 0.15) is 37.3 Å². The lowest BCUT2D eigenvalue weighted by Crippen LogP contribution is -1.93. The van der Waals surface area contributed by atoms with E-state index in [1.807, 2.05) is 30.3 Å². The molecule has 2 aromatic rings. The van der Waals surface area contributed by atoms with Gasteiger partial charge in [-0.25, -0.2) is 0 Å². The van der Waals surface area contributed by atoms with Gasteiger partial charge in [0.15, 0.2) is 0 Å². The monoisotopic (exact) mass is 352 g/mol. The van der Waals surface area contributed by atoms with Gasteiger partial charge in [-0.05, 0) is 42.2 Å². The number of rotatable bonds is 5. The maximum absolute atomic E-state index is 6.17. The van der Waals surface area contributed by atoms with Crippen molar-refractivity contribution in [2.75, 3.05) is 0 Å². The molecule has 1 atom stereocenters. The fourth-order valence-corrected chi connectivity index (χ4v) is 2.96. The van der Waals surface area contributed by atoms with Crippen molar-refractivity contribution in [3.05, 3.63) is 58.6 Å². The third-order valence-corrected chi connectivity index (χ3v) is 4.41. The van der Waals surface area contributed by atoms with E-state index < -0.39 is 0 Å². The van der Waals surface area contributed by atoms with E-state index in [0.29, 0.717) is 11.2 Å². The van der Waals surface area contributed by atoms with E-state index in [1.54, 1.807) is 0 Å². The van der Waals surface area contributed by atoms with E-state index in [0.717, 1.165) is 28.5 Å². The molecule has 0 aliphatic carbocycles. The predicted molar refractivity (Wildman–Crippen MR) is 89.3 cm³/mol. The lowest BCUT2D eigenvalue weighted by Gasteiger charge is -2.13. The number of benzene rings is 2. The minimum Gasteiger partial charge on any atom is -0.457 e. The molecule has 0 heterocycles. The highest BCUT2D eigenvalue weighted by Crippen LogP contribution is 2.32. The highest BCUT2D eigenvalue weighted by molar-refractivity contribution is 9.08. The van der Waals surface area contributed by atoms with Gasteiger partial charge in [0.25, 0.3) is 0 Å². The molecule has 0 bridgehead atoms. The molecule has 106 valence electrons. The standard InChI is InChI=1S/C17H18BrClO/c1-3-12(2)13-7-9-14(10-8-13)20-17-6-4-5-16(19)15(17)11-18/h4-10,12H,3,11H2,1-2H3. The van der Waals surface area contributed by atoms with Gasteiger partial charge in [0, 0.05) is 15.9 Å². The summed E-state index contributed by atoms with van der Waals surface area (Å²) in [6, 6.07) is 14.0. The van der Waals surface area contributed by atoms with Crippen molar-refractivity contribution in [1.29, 1.82) is 0 Å². The summed E-state index contributed by atoms with van der Waals surface area (Å²) in [6.07, 6.45) is 1.14. The van der Waals surface area contributed by atoms with Crippen LogP contribution in [0.4, 0.5) is 0 Å². The molecule has 0 N–H and O–H groups in total. The van der Waals surface area contributed by atoms with Gasteiger partial charge in [0.1, 0.15) is 11.5 Å². The number of ether oxygens (including phenoxy) is 1. The van der Waals surface area contributed by atoms with Crippen LogP contribution >= 0.6 is 27.5 Å². The topological polar surface area (TPSA) is 9.23 Å². The van der Waals surface area contributed by atoms with Gasteiger partial charge >= 0.3 is 0 Å². The zero-order valence-corrected chi connectivity index (χ0v) is 14.0. The molecule has 2 rings (SSSR count). The summed E-state index contributed by atoms with van der Waals surface area (Å²) < 4.78 is 5.94. The zero-order chi connectivity index (χ0) is 14.5. The number of alkyl halides is 1. The Morgan fingerprint density at radius 1 is 1.15 bits per heavy atom. The molecule has 0 radical (unpaired) electrons. The average Bonchev–Trinajstić information content (AvgIpc) is 2.47. The Labute approximate surface area is 134 Å². The first-order valence-electron chi connectivity index (χ1n) is 6.76. The van der Waals surface area contributed by atoms with Gasteiger partial charge < -0.3 is 4.74 Å². The SMILES string of the molecule is CCC(C)c1ccc(Oc2cccc(Cl)c2CBr)cc1. The van der Waals surface area contributed by atoms with E-state index in [-0.39, 0.29) is 0 Å². The molecule has 0 aliphatic heterocycles. The zero-order valence-electron chi connectivity index (χ0n) is 11.7. The normalized spacial score (nSPS) is 12.2. The molecule has 0 saturated heterocycles. The molecule has 0 fully saturated rings. The minimum atomic E-state index is 0.577. The maximum atomic E-state index is 6.17. The fraction of sp³-hybridized carbons (Fsp3) is 0.294.